The molecule has 0 unspecified atom stereocenters. The predicted octanol–water partition coefficient (Wildman–Crippen LogP) is 2.14. The van der Waals surface area contributed by atoms with Crippen LogP contribution < -0.4 is 0 Å². The van der Waals surface area contributed by atoms with Gasteiger partial charge in [0.15, 0.2) is 5.78 Å². The summed E-state index contributed by atoms with van der Waals surface area (Å²) < 4.78 is 4.60. The lowest BCUT2D eigenvalue weighted by molar-refractivity contribution is -0.137. The van der Waals surface area contributed by atoms with E-state index in [9.17, 15) is 9.59 Å². The smallest absolute Gasteiger partial charge is 0.342 e. The average molecular weight is 249 g/mol. The molecule has 1 rings (SSSR count). The number of methoxy groups -OCH3 is 1. The quantitative estimate of drug-likeness (QED) is 0.252. The Kier molecular flexibility index (Phi) is 5.19. The molecule has 0 atom stereocenters. The van der Waals surface area contributed by atoms with Crippen molar-refractivity contribution in [3.05, 3.63) is 10.5 Å². The van der Waals surface area contributed by atoms with Crippen molar-refractivity contribution in [2.75, 3.05) is 18.7 Å². The van der Waals surface area contributed by atoms with E-state index < -0.39 is 5.97 Å². The number of halogens is 1. The van der Waals surface area contributed by atoms with Crippen LogP contribution in [0.1, 0.15) is 19.3 Å². The number of allylic oxidation sites excluding steroid dienone is 1. The Hall–Kier alpha value is -0.480. The lowest BCUT2D eigenvalue weighted by atomic mass is 10.1. The molecule has 0 aromatic heterocycles. The molecule has 84 valence electrons. The molecule has 0 aromatic carbocycles. The summed E-state index contributed by atoms with van der Waals surface area (Å²) in [6.07, 6.45) is 2.91. The third-order valence-electron chi connectivity index (χ3n) is 2.14. The fourth-order valence-corrected chi connectivity index (χ4v) is 2.76. The molecule has 1 fully saturated rings. The summed E-state index contributed by atoms with van der Waals surface area (Å²) in [4.78, 5) is 23.8. The highest BCUT2D eigenvalue weighted by molar-refractivity contribution is 8.03. The number of ether oxygens (including phenoxy) is 1. The fraction of sp³-hybridized carbons (Fsp3) is 0.600. The Morgan fingerprint density at radius 3 is 2.67 bits per heavy atom. The van der Waals surface area contributed by atoms with Crippen LogP contribution in [0.2, 0.25) is 0 Å². The van der Waals surface area contributed by atoms with Gasteiger partial charge in [-0.3, -0.25) is 4.79 Å². The van der Waals surface area contributed by atoms with E-state index >= 15 is 0 Å². The van der Waals surface area contributed by atoms with Crippen LogP contribution in [0.3, 0.4) is 0 Å². The molecule has 0 spiro atoms. The molecule has 1 aliphatic rings. The highest BCUT2D eigenvalue weighted by Crippen LogP contribution is 2.32. The van der Waals surface area contributed by atoms with Crippen LogP contribution in [-0.2, 0) is 14.3 Å². The number of Topliss-reactive ketones (excluding diaryl/α,β-unsaturated/α-hetero) is 1. The minimum Gasteiger partial charge on any atom is -0.465 e. The molecule has 0 aliphatic carbocycles. The first-order valence-electron chi connectivity index (χ1n) is 4.74. The van der Waals surface area contributed by atoms with Crippen molar-refractivity contribution in [2.45, 2.75) is 19.3 Å². The van der Waals surface area contributed by atoms with Gasteiger partial charge < -0.3 is 4.74 Å². The standard InChI is InChI=1S/C10H13ClO3S/c1-14-10(13)9(7(12)6-11)8-4-2-3-5-15-8/h2-6H2,1H3. The van der Waals surface area contributed by atoms with E-state index in [1.807, 2.05) is 0 Å². The zero-order valence-corrected chi connectivity index (χ0v) is 10.1. The van der Waals surface area contributed by atoms with Crippen molar-refractivity contribution in [3.63, 3.8) is 0 Å². The van der Waals surface area contributed by atoms with E-state index in [1.54, 1.807) is 11.8 Å². The maximum atomic E-state index is 11.5. The van der Waals surface area contributed by atoms with Crippen molar-refractivity contribution < 1.29 is 14.3 Å². The molecule has 0 bridgehead atoms. The number of alkyl halides is 1. The normalized spacial score (nSPS) is 19.6. The van der Waals surface area contributed by atoms with Gasteiger partial charge in [-0.15, -0.1) is 23.4 Å². The number of carbonyl (C=O) groups is 2. The minimum absolute atomic E-state index is 0.150. The van der Waals surface area contributed by atoms with Crippen molar-refractivity contribution >= 4 is 35.1 Å². The highest BCUT2D eigenvalue weighted by atomic mass is 35.5. The third kappa shape index (κ3) is 3.24. The first kappa shape index (κ1) is 12.6. The Morgan fingerprint density at radius 1 is 1.47 bits per heavy atom. The summed E-state index contributed by atoms with van der Waals surface area (Å²) in [5.74, 6) is -0.127. The van der Waals surface area contributed by atoms with Crippen molar-refractivity contribution in [2.24, 2.45) is 0 Å². The highest BCUT2D eigenvalue weighted by Gasteiger charge is 2.24. The number of rotatable bonds is 3. The molecule has 0 amide bonds. The topological polar surface area (TPSA) is 43.4 Å². The molecule has 1 aliphatic heterocycles. The van der Waals surface area contributed by atoms with Crippen LogP contribution in [0.4, 0.5) is 0 Å². The average Bonchev–Trinajstić information content (AvgIpc) is 2.30. The van der Waals surface area contributed by atoms with Gasteiger partial charge in [-0.05, 0) is 25.0 Å². The maximum Gasteiger partial charge on any atom is 0.342 e. The summed E-state index contributed by atoms with van der Waals surface area (Å²) in [7, 11) is 1.28. The van der Waals surface area contributed by atoms with Crippen molar-refractivity contribution in [1.82, 2.24) is 0 Å². The maximum absolute atomic E-state index is 11.5. The molecule has 0 aromatic rings. The second-order valence-electron chi connectivity index (χ2n) is 3.15. The van der Waals surface area contributed by atoms with Gasteiger partial charge >= 0.3 is 5.97 Å². The summed E-state index contributed by atoms with van der Waals surface area (Å²) >= 11 is 7.02. The van der Waals surface area contributed by atoms with Gasteiger partial charge in [0, 0.05) is 4.91 Å². The number of carbonyl (C=O) groups excluding carboxylic acids is 2. The molecular weight excluding hydrogens is 236 g/mol. The largest absolute Gasteiger partial charge is 0.465 e. The van der Waals surface area contributed by atoms with E-state index in [0.717, 1.165) is 29.9 Å². The van der Waals surface area contributed by atoms with E-state index in [1.165, 1.54) is 7.11 Å². The van der Waals surface area contributed by atoms with Gasteiger partial charge in [-0.25, -0.2) is 4.79 Å². The molecule has 0 saturated carbocycles. The molecule has 5 heteroatoms. The minimum atomic E-state index is -0.565. The first-order valence-corrected chi connectivity index (χ1v) is 6.26. The monoisotopic (exact) mass is 248 g/mol. The van der Waals surface area contributed by atoms with Crippen molar-refractivity contribution in [3.8, 4) is 0 Å². The Labute approximate surface area is 98.2 Å². The second-order valence-corrected chi connectivity index (χ2v) is 4.61. The van der Waals surface area contributed by atoms with E-state index in [0.29, 0.717) is 0 Å². The van der Waals surface area contributed by atoms with Gasteiger partial charge in [0.2, 0.25) is 0 Å². The van der Waals surface area contributed by atoms with Crippen LogP contribution in [0.15, 0.2) is 10.5 Å². The van der Waals surface area contributed by atoms with Gasteiger partial charge in [-0.2, -0.15) is 0 Å². The van der Waals surface area contributed by atoms with Gasteiger partial charge in [0.25, 0.3) is 0 Å². The van der Waals surface area contributed by atoms with Gasteiger partial charge in [0.05, 0.1) is 13.0 Å². The molecule has 0 N–H and O–H groups in total. The zero-order chi connectivity index (χ0) is 11.3. The van der Waals surface area contributed by atoms with Crippen LogP contribution in [-0.4, -0.2) is 30.5 Å². The predicted molar refractivity (Wildman–Crippen MR) is 61.1 cm³/mol. The molecular formula is C10H13ClO3S. The first-order chi connectivity index (χ1) is 7.20. The molecule has 1 saturated heterocycles. The zero-order valence-electron chi connectivity index (χ0n) is 8.55. The third-order valence-corrected chi connectivity index (χ3v) is 3.64. The Balaban J connectivity index is 2.96. The number of ketones is 1. The molecule has 3 nitrogen and oxygen atoms in total. The number of thioether (sulfide) groups is 1. The van der Waals surface area contributed by atoms with Crippen LogP contribution in [0.5, 0.6) is 0 Å². The summed E-state index contributed by atoms with van der Waals surface area (Å²) in [6, 6.07) is 0. The van der Waals surface area contributed by atoms with Crippen LogP contribution in [0.25, 0.3) is 0 Å². The van der Waals surface area contributed by atoms with Crippen LogP contribution >= 0.6 is 23.4 Å². The van der Waals surface area contributed by atoms with Gasteiger partial charge in [-0.1, -0.05) is 0 Å². The molecule has 1 heterocycles. The molecule has 0 radical (unpaired) electrons. The molecule has 15 heavy (non-hydrogen) atoms. The Bertz CT molecular complexity index is 273. The SMILES string of the molecule is COC(=O)C(C(=O)CCl)=C1CCCCS1. The Morgan fingerprint density at radius 2 is 2.20 bits per heavy atom. The van der Waals surface area contributed by atoms with E-state index in [4.69, 9.17) is 11.6 Å². The van der Waals surface area contributed by atoms with Gasteiger partial charge in [0.1, 0.15) is 5.57 Å². The van der Waals surface area contributed by atoms with E-state index in [2.05, 4.69) is 4.74 Å². The summed E-state index contributed by atoms with van der Waals surface area (Å²) in [5, 5.41) is 0. The van der Waals surface area contributed by atoms with E-state index in [-0.39, 0.29) is 17.2 Å². The number of hydrogen-bond acceptors (Lipinski definition) is 4. The lowest BCUT2D eigenvalue weighted by Gasteiger charge is -2.16. The fourth-order valence-electron chi connectivity index (χ4n) is 1.40. The lowest BCUT2D eigenvalue weighted by Crippen LogP contribution is -2.18. The number of esters is 1. The number of hydrogen-bond donors (Lipinski definition) is 0. The summed E-state index contributed by atoms with van der Waals surface area (Å²) in [6.45, 7) is 0. The van der Waals surface area contributed by atoms with Crippen molar-refractivity contribution in [1.29, 1.82) is 0 Å². The summed E-state index contributed by atoms with van der Waals surface area (Å²) in [5.41, 5.74) is 0.150. The second kappa shape index (κ2) is 6.18. The van der Waals surface area contributed by atoms with Crippen LogP contribution in [0, 0.1) is 0 Å².